The van der Waals surface area contributed by atoms with Crippen molar-refractivity contribution in [3.05, 3.63) is 17.5 Å². The molecule has 8 nitrogen and oxygen atoms in total. The Bertz CT molecular complexity index is 487. The first-order valence-electron chi connectivity index (χ1n) is 6.46. The number of nitrogens with zero attached hydrogens (tertiary/aromatic N) is 2. The van der Waals surface area contributed by atoms with Crippen LogP contribution in [0.1, 0.15) is 22.7 Å². The van der Waals surface area contributed by atoms with Crippen LogP contribution in [0.25, 0.3) is 0 Å². The first-order valence-corrected chi connectivity index (χ1v) is 6.46. The molecule has 0 aliphatic carbocycles. The summed E-state index contributed by atoms with van der Waals surface area (Å²) in [4.78, 5) is 23.9. The molecule has 0 bridgehead atoms. The van der Waals surface area contributed by atoms with Crippen molar-refractivity contribution in [1.29, 1.82) is 0 Å². The Labute approximate surface area is 128 Å². The molecule has 1 aliphatic heterocycles. The highest BCUT2D eigenvalue weighted by molar-refractivity contribution is 5.91. The number of carboxylic acid groups (broad SMARTS) is 1. The number of nitrogens with one attached hydrogen (secondary N) is 2. The fraction of sp³-hybridized carbons (Fsp3) is 0.583. The number of hydrogen-bond acceptors (Lipinski definition) is 5. The summed E-state index contributed by atoms with van der Waals surface area (Å²) in [6.45, 7) is 2.28. The average Bonchev–Trinajstić information content (AvgIpc) is 3.08. The van der Waals surface area contributed by atoms with Crippen LogP contribution in [-0.4, -0.2) is 53.8 Å². The van der Waals surface area contributed by atoms with Gasteiger partial charge < -0.3 is 25.2 Å². The van der Waals surface area contributed by atoms with Gasteiger partial charge in [0.2, 0.25) is 0 Å². The first-order chi connectivity index (χ1) is 9.60. The molecule has 2 heterocycles. The van der Waals surface area contributed by atoms with Crippen molar-refractivity contribution in [2.45, 2.75) is 13.0 Å². The van der Waals surface area contributed by atoms with Gasteiger partial charge in [-0.05, 0) is 25.4 Å². The monoisotopic (exact) mass is 318 g/mol. The van der Waals surface area contributed by atoms with Crippen molar-refractivity contribution in [1.82, 2.24) is 20.7 Å². The predicted molar refractivity (Wildman–Crippen MR) is 76.6 cm³/mol. The van der Waals surface area contributed by atoms with E-state index in [-0.39, 0.29) is 30.6 Å². The molecule has 1 aromatic rings. The largest absolute Gasteiger partial charge is 0.465 e. The fourth-order valence-corrected chi connectivity index (χ4v) is 2.20. The number of amides is 2. The molecule has 21 heavy (non-hydrogen) atoms. The van der Waals surface area contributed by atoms with Crippen LogP contribution in [0.15, 0.2) is 10.6 Å². The third-order valence-corrected chi connectivity index (χ3v) is 3.28. The molecule has 2 amide bonds. The van der Waals surface area contributed by atoms with E-state index in [2.05, 4.69) is 15.8 Å². The minimum Gasteiger partial charge on any atom is -0.465 e. The lowest BCUT2D eigenvalue weighted by Crippen LogP contribution is -2.34. The second-order valence-electron chi connectivity index (χ2n) is 4.78. The van der Waals surface area contributed by atoms with Gasteiger partial charge in [-0.25, -0.2) is 4.79 Å². The van der Waals surface area contributed by atoms with E-state index in [9.17, 15) is 14.7 Å². The highest BCUT2D eigenvalue weighted by Crippen LogP contribution is 2.13. The number of carbonyl (C=O) groups is 2. The van der Waals surface area contributed by atoms with Crippen LogP contribution in [-0.2, 0) is 6.54 Å². The Kier molecular flexibility index (Phi) is 6.44. The van der Waals surface area contributed by atoms with Crippen LogP contribution >= 0.6 is 12.4 Å². The van der Waals surface area contributed by atoms with E-state index in [1.165, 1.54) is 18.0 Å². The normalized spacial score (nSPS) is 17.1. The van der Waals surface area contributed by atoms with E-state index < -0.39 is 6.09 Å². The Morgan fingerprint density at radius 1 is 1.62 bits per heavy atom. The Hall–Kier alpha value is -1.80. The van der Waals surface area contributed by atoms with Crippen molar-refractivity contribution in [2.24, 2.45) is 5.92 Å². The van der Waals surface area contributed by atoms with Crippen LogP contribution in [0, 0.1) is 5.92 Å². The van der Waals surface area contributed by atoms with Crippen molar-refractivity contribution < 1.29 is 19.2 Å². The molecule has 118 valence electrons. The maximum absolute atomic E-state index is 11.4. The van der Waals surface area contributed by atoms with E-state index in [4.69, 9.17) is 4.52 Å². The average molecular weight is 319 g/mol. The molecule has 0 radical (unpaired) electrons. The number of carbonyl (C=O) groups excluding carboxylic acids is 1. The van der Waals surface area contributed by atoms with Gasteiger partial charge in [0, 0.05) is 19.7 Å². The van der Waals surface area contributed by atoms with Crippen LogP contribution in [0.5, 0.6) is 0 Å². The van der Waals surface area contributed by atoms with Crippen LogP contribution in [0.2, 0.25) is 0 Å². The first kappa shape index (κ1) is 17.3. The molecule has 1 saturated heterocycles. The zero-order chi connectivity index (χ0) is 14.5. The molecule has 0 aromatic carbocycles. The summed E-state index contributed by atoms with van der Waals surface area (Å²) in [6, 6.07) is 1.46. The molecule has 1 fully saturated rings. The lowest BCUT2D eigenvalue weighted by molar-refractivity contribution is 0.0953. The van der Waals surface area contributed by atoms with Gasteiger partial charge in [-0.3, -0.25) is 4.79 Å². The van der Waals surface area contributed by atoms with Gasteiger partial charge in [-0.1, -0.05) is 5.16 Å². The molecule has 0 saturated carbocycles. The SMILES string of the molecule is CNC(=O)c1cc(CN(CC2CCNC2)C(=O)O)on1.Cl. The number of halogens is 1. The van der Waals surface area contributed by atoms with Crippen LogP contribution in [0.3, 0.4) is 0 Å². The minimum atomic E-state index is -1.00. The van der Waals surface area contributed by atoms with E-state index >= 15 is 0 Å². The quantitative estimate of drug-likeness (QED) is 0.731. The molecule has 1 aromatic heterocycles. The van der Waals surface area contributed by atoms with Crippen molar-refractivity contribution in [2.75, 3.05) is 26.7 Å². The molecule has 1 aliphatic rings. The molecular weight excluding hydrogens is 300 g/mol. The summed E-state index contributed by atoms with van der Waals surface area (Å²) >= 11 is 0. The second-order valence-corrected chi connectivity index (χ2v) is 4.78. The number of hydrogen-bond donors (Lipinski definition) is 3. The highest BCUT2D eigenvalue weighted by Gasteiger charge is 2.23. The summed E-state index contributed by atoms with van der Waals surface area (Å²) < 4.78 is 5.00. The lowest BCUT2D eigenvalue weighted by atomic mass is 10.1. The fourth-order valence-electron chi connectivity index (χ4n) is 2.20. The van der Waals surface area contributed by atoms with Crippen LogP contribution < -0.4 is 10.6 Å². The van der Waals surface area contributed by atoms with Gasteiger partial charge in [0.15, 0.2) is 11.5 Å². The zero-order valence-electron chi connectivity index (χ0n) is 11.7. The van der Waals surface area contributed by atoms with E-state index in [1.54, 1.807) is 0 Å². The zero-order valence-corrected chi connectivity index (χ0v) is 12.5. The van der Waals surface area contributed by atoms with Crippen molar-refractivity contribution in [3.63, 3.8) is 0 Å². The maximum Gasteiger partial charge on any atom is 0.407 e. The Morgan fingerprint density at radius 3 is 2.95 bits per heavy atom. The van der Waals surface area contributed by atoms with Gasteiger partial charge in [0.25, 0.3) is 5.91 Å². The van der Waals surface area contributed by atoms with E-state index in [0.717, 1.165) is 19.5 Å². The van der Waals surface area contributed by atoms with Gasteiger partial charge >= 0.3 is 6.09 Å². The van der Waals surface area contributed by atoms with Gasteiger partial charge in [0.05, 0.1) is 6.54 Å². The molecule has 9 heteroatoms. The predicted octanol–water partition coefficient (Wildman–Crippen LogP) is 0.545. The van der Waals surface area contributed by atoms with Gasteiger partial charge in [-0.2, -0.15) is 0 Å². The van der Waals surface area contributed by atoms with Crippen molar-refractivity contribution in [3.8, 4) is 0 Å². The molecular formula is C12H19ClN4O4. The lowest BCUT2D eigenvalue weighted by Gasteiger charge is -2.20. The molecule has 1 atom stereocenters. The van der Waals surface area contributed by atoms with Crippen LogP contribution in [0.4, 0.5) is 4.79 Å². The van der Waals surface area contributed by atoms with Crippen molar-refractivity contribution >= 4 is 24.4 Å². The van der Waals surface area contributed by atoms with Gasteiger partial charge in [-0.15, -0.1) is 12.4 Å². The summed E-state index contributed by atoms with van der Waals surface area (Å²) in [5.74, 6) is 0.311. The third kappa shape index (κ3) is 4.61. The smallest absolute Gasteiger partial charge is 0.407 e. The third-order valence-electron chi connectivity index (χ3n) is 3.28. The molecule has 1 unspecified atom stereocenters. The van der Waals surface area contributed by atoms with E-state index in [1.807, 2.05) is 0 Å². The number of rotatable bonds is 5. The number of aromatic nitrogens is 1. The summed E-state index contributed by atoms with van der Waals surface area (Å²) in [5.41, 5.74) is 0.148. The molecule has 2 rings (SSSR count). The standard InChI is InChI=1S/C12H18N4O4.ClH/c1-13-11(17)10-4-9(20-15-10)7-16(12(18)19)6-8-2-3-14-5-8;/h4,8,14H,2-3,5-7H2,1H3,(H,13,17)(H,18,19);1H. The van der Waals surface area contributed by atoms with E-state index in [0.29, 0.717) is 18.2 Å². The minimum absolute atomic E-state index is 0. The van der Waals surface area contributed by atoms with Gasteiger partial charge in [0.1, 0.15) is 0 Å². The topological polar surface area (TPSA) is 108 Å². The molecule has 0 spiro atoms. The molecule has 3 N–H and O–H groups in total. The summed E-state index contributed by atoms with van der Waals surface area (Å²) in [5, 5.41) is 18.5. The summed E-state index contributed by atoms with van der Waals surface area (Å²) in [7, 11) is 1.49. The summed E-state index contributed by atoms with van der Waals surface area (Å²) in [6.07, 6.45) is -0.0428. The maximum atomic E-state index is 11.4. The Morgan fingerprint density at radius 2 is 2.38 bits per heavy atom. The second kappa shape index (κ2) is 7.84. The highest BCUT2D eigenvalue weighted by atomic mass is 35.5. The Balaban J connectivity index is 0.00000220.